The Morgan fingerprint density at radius 3 is 1.67 bits per heavy atom. The molecule has 4 heteroatoms. The van der Waals surface area contributed by atoms with Gasteiger partial charge in [0, 0.05) is 45.1 Å². The normalized spacial score (nSPS) is 9.93. The zero-order valence-electron chi connectivity index (χ0n) is 9.41. The molecular weight excluding hydrogens is 212 g/mol. The lowest BCUT2D eigenvalue weighted by atomic mass is 10.1. The minimum Gasteiger partial charge on any atom is -0.378 e. The van der Waals surface area contributed by atoms with Crippen LogP contribution in [-0.2, 0) is 0 Å². The molecule has 0 unspecified atom stereocenters. The maximum absolute atomic E-state index is 11.1. The molecular formula is C11H15ClN2O. The van der Waals surface area contributed by atoms with Crippen molar-refractivity contribution in [3.8, 4) is 0 Å². The van der Waals surface area contributed by atoms with Gasteiger partial charge in [-0.25, -0.2) is 0 Å². The quantitative estimate of drug-likeness (QED) is 0.739. The van der Waals surface area contributed by atoms with E-state index in [0.717, 1.165) is 11.4 Å². The van der Waals surface area contributed by atoms with Crippen molar-refractivity contribution in [2.24, 2.45) is 0 Å². The van der Waals surface area contributed by atoms with Gasteiger partial charge in [-0.3, -0.25) is 4.79 Å². The Hall–Kier alpha value is -1.22. The van der Waals surface area contributed by atoms with Gasteiger partial charge in [0.2, 0.25) is 0 Å². The predicted molar refractivity (Wildman–Crippen MR) is 65.3 cm³/mol. The van der Waals surface area contributed by atoms with Crippen LogP contribution in [0, 0.1) is 0 Å². The summed E-state index contributed by atoms with van der Waals surface area (Å²) in [7, 11) is 7.71. The van der Waals surface area contributed by atoms with Crippen molar-refractivity contribution >= 4 is 28.2 Å². The van der Waals surface area contributed by atoms with E-state index >= 15 is 0 Å². The Bertz CT molecular complexity index is 349. The van der Waals surface area contributed by atoms with Gasteiger partial charge >= 0.3 is 0 Å². The Kier molecular flexibility index (Phi) is 3.58. The summed E-state index contributed by atoms with van der Waals surface area (Å²) in [6.07, 6.45) is 0. The first kappa shape index (κ1) is 11.9. The minimum atomic E-state index is -0.429. The summed E-state index contributed by atoms with van der Waals surface area (Å²) in [6, 6.07) is 5.56. The van der Waals surface area contributed by atoms with Crippen LogP contribution >= 0.6 is 11.6 Å². The summed E-state index contributed by atoms with van der Waals surface area (Å²) in [4.78, 5) is 15.0. The number of hydrogen-bond acceptors (Lipinski definition) is 3. The van der Waals surface area contributed by atoms with Gasteiger partial charge in [0.15, 0.2) is 0 Å². The zero-order chi connectivity index (χ0) is 11.6. The highest BCUT2D eigenvalue weighted by atomic mass is 35.5. The summed E-state index contributed by atoms with van der Waals surface area (Å²) < 4.78 is 0. The third kappa shape index (κ3) is 2.86. The molecule has 0 amide bonds. The van der Waals surface area contributed by atoms with Crippen LogP contribution < -0.4 is 9.80 Å². The number of carbonyl (C=O) groups excluding carboxylic acids is 1. The van der Waals surface area contributed by atoms with Crippen molar-refractivity contribution < 1.29 is 4.79 Å². The predicted octanol–water partition coefficient (Wildman–Crippen LogP) is 2.20. The second-order valence-corrected chi connectivity index (χ2v) is 4.14. The molecule has 0 spiro atoms. The molecule has 0 heterocycles. The smallest absolute Gasteiger partial charge is 0.252 e. The summed E-state index contributed by atoms with van der Waals surface area (Å²) in [6.45, 7) is 0. The second-order valence-electron chi connectivity index (χ2n) is 3.80. The SMILES string of the molecule is CN(C)c1cc(C(=O)Cl)cc(N(C)C)c1. The Labute approximate surface area is 95.2 Å². The molecule has 1 aromatic carbocycles. The van der Waals surface area contributed by atoms with Gasteiger partial charge in [0.05, 0.1) is 0 Å². The standard InChI is InChI=1S/C11H15ClN2O/c1-13(2)9-5-8(11(12)15)6-10(7-9)14(3)4/h5-7H,1-4H3. The van der Waals surface area contributed by atoms with Crippen molar-refractivity contribution in [2.45, 2.75) is 0 Å². The van der Waals surface area contributed by atoms with Crippen molar-refractivity contribution in [1.82, 2.24) is 0 Å². The zero-order valence-corrected chi connectivity index (χ0v) is 10.2. The van der Waals surface area contributed by atoms with E-state index in [1.165, 1.54) is 0 Å². The third-order valence-electron chi connectivity index (χ3n) is 2.16. The number of carbonyl (C=O) groups is 1. The first-order chi connectivity index (χ1) is 6.91. The van der Waals surface area contributed by atoms with E-state index in [2.05, 4.69) is 0 Å². The first-order valence-corrected chi connectivity index (χ1v) is 4.99. The maximum atomic E-state index is 11.1. The Balaban J connectivity index is 3.26. The fourth-order valence-corrected chi connectivity index (χ4v) is 1.33. The lowest BCUT2D eigenvalue weighted by molar-refractivity contribution is 0.108. The molecule has 0 N–H and O–H groups in total. The van der Waals surface area contributed by atoms with Crippen LogP contribution in [0.2, 0.25) is 0 Å². The number of benzene rings is 1. The van der Waals surface area contributed by atoms with Gasteiger partial charge < -0.3 is 9.80 Å². The number of hydrogen-bond donors (Lipinski definition) is 0. The lowest BCUT2D eigenvalue weighted by Gasteiger charge is -2.18. The molecule has 0 aliphatic rings. The molecule has 0 fully saturated rings. The highest BCUT2D eigenvalue weighted by molar-refractivity contribution is 6.67. The van der Waals surface area contributed by atoms with Crippen LogP contribution in [0.5, 0.6) is 0 Å². The maximum Gasteiger partial charge on any atom is 0.252 e. The monoisotopic (exact) mass is 226 g/mol. The largest absolute Gasteiger partial charge is 0.378 e. The van der Waals surface area contributed by atoms with Gasteiger partial charge in [-0.1, -0.05) is 0 Å². The van der Waals surface area contributed by atoms with E-state index < -0.39 is 5.24 Å². The van der Waals surface area contributed by atoms with Crippen molar-refractivity contribution in [2.75, 3.05) is 38.0 Å². The Morgan fingerprint density at radius 2 is 1.40 bits per heavy atom. The fourth-order valence-electron chi connectivity index (χ4n) is 1.23. The van der Waals surface area contributed by atoms with Gasteiger partial charge in [-0.2, -0.15) is 0 Å². The van der Waals surface area contributed by atoms with Crippen molar-refractivity contribution in [3.05, 3.63) is 23.8 Å². The molecule has 0 atom stereocenters. The van der Waals surface area contributed by atoms with Crippen LogP contribution in [-0.4, -0.2) is 33.4 Å². The average Bonchev–Trinajstić information content (AvgIpc) is 2.16. The molecule has 1 rings (SSSR count). The molecule has 0 aliphatic heterocycles. The Morgan fingerprint density at radius 1 is 1.00 bits per heavy atom. The van der Waals surface area contributed by atoms with Crippen LogP contribution in [0.25, 0.3) is 0 Å². The van der Waals surface area contributed by atoms with Crippen molar-refractivity contribution in [3.63, 3.8) is 0 Å². The molecule has 0 bridgehead atoms. The summed E-state index contributed by atoms with van der Waals surface area (Å²) in [5, 5.41) is -0.429. The number of anilines is 2. The van der Waals surface area contributed by atoms with E-state index in [0.29, 0.717) is 5.56 Å². The molecule has 82 valence electrons. The third-order valence-corrected chi connectivity index (χ3v) is 2.38. The molecule has 0 saturated heterocycles. The van der Waals surface area contributed by atoms with Crippen LogP contribution in [0.1, 0.15) is 10.4 Å². The molecule has 0 radical (unpaired) electrons. The highest BCUT2D eigenvalue weighted by Crippen LogP contribution is 2.23. The number of rotatable bonds is 3. The van der Waals surface area contributed by atoms with Crippen LogP contribution in [0.15, 0.2) is 18.2 Å². The molecule has 15 heavy (non-hydrogen) atoms. The van der Waals surface area contributed by atoms with Gasteiger partial charge in [0.25, 0.3) is 5.24 Å². The van der Waals surface area contributed by atoms with Crippen LogP contribution in [0.4, 0.5) is 11.4 Å². The van der Waals surface area contributed by atoms with E-state index in [1.54, 1.807) is 12.1 Å². The fraction of sp³-hybridized carbons (Fsp3) is 0.364. The van der Waals surface area contributed by atoms with Crippen LogP contribution in [0.3, 0.4) is 0 Å². The van der Waals surface area contributed by atoms with Gasteiger partial charge in [-0.05, 0) is 29.8 Å². The van der Waals surface area contributed by atoms with Crippen molar-refractivity contribution in [1.29, 1.82) is 0 Å². The highest BCUT2D eigenvalue weighted by Gasteiger charge is 2.08. The van der Waals surface area contributed by atoms with E-state index in [4.69, 9.17) is 11.6 Å². The minimum absolute atomic E-state index is 0.429. The first-order valence-electron chi connectivity index (χ1n) is 4.61. The molecule has 0 aromatic heterocycles. The van der Waals surface area contributed by atoms with E-state index in [9.17, 15) is 4.79 Å². The molecule has 1 aromatic rings. The lowest BCUT2D eigenvalue weighted by Crippen LogP contribution is -2.13. The summed E-state index contributed by atoms with van der Waals surface area (Å²) >= 11 is 5.48. The van der Waals surface area contributed by atoms with E-state index in [-0.39, 0.29) is 0 Å². The number of halogens is 1. The van der Waals surface area contributed by atoms with E-state index in [1.807, 2.05) is 44.1 Å². The number of nitrogens with zero attached hydrogens (tertiary/aromatic N) is 2. The second kappa shape index (κ2) is 4.53. The molecule has 3 nitrogen and oxygen atoms in total. The summed E-state index contributed by atoms with van der Waals surface area (Å²) in [5.41, 5.74) is 2.45. The molecule has 0 saturated carbocycles. The van der Waals surface area contributed by atoms with Gasteiger partial charge in [0.1, 0.15) is 0 Å². The summed E-state index contributed by atoms with van der Waals surface area (Å²) in [5.74, 6) is 0. The average molecular weight is 227 g/mol. The van der Waals surface area contributed by atoms with Gasteiger partial charge in [-0.15, -0.1) is 0 Å². The molecule has 0 aliphatic carbocycles. The topological polar surface area (TPSA) is 23.6 Å².